The Hall–Kier alpha value is -2.03. The quantitative estimate of drug-likeness (QED) is 0.548. The maximum Gasteiger partial charge on any atom is 0.244 e. The van der Waals surface area contributed by atoms with Crippen molar-refractivity contribution in [1.82, 2.24) is 14.7 Å². The number of hydrazine groups is 1. The third-order valence-electron chi connectivity index (χ3n) is 2.83. The summed E-state index contributed by atoms with van der Waals surface area (Å²) in [5.74, 6) is 5.30. The fraction of sp³-hybridized carbons (Fsp3) is 0.167. The van der Waals surface area contributed by atoms with Gasteiger partial charge >= 0.3 is 0 Å². The summed E-state index contributed by atoms with van der Waals surface area (Å²) in [6, 6.07) is 3.31. The van der Waals surface area contributed by atoms with Crippen LogP contribution in [0.3, 0.4) is 0 Å². The number of anilines is 1. The van der Waals surface area contributed by atoms with Crippen LogP contribution < -0.4 is 16.0 Å². The van der Waals surface area contributed by atoms with Crippen LogP contribution in [-0.2, 0) is 16.6 Å². The highest BCUT2D eigenvalue weighted by Gasteiger charge is 2.18. The maximum atomic E-state index is 12.2. The van der Waals surface area contributed by atoms with Gasteiger partial charge in [0.15, 0.2) is 0 Å². The molecule has 106 valence electrons. The molecule has 0 saturated heterocycles. The van der Waals surface area contributed by atoms with E-state index in [4.69, 9.17) is 5.84 Å². The maximum absolute atomic E-state index is 12.2. The molecule has 0 aliphatic heterocycles. The van der Waals surface area contributed by atoms with Crippen LogP contribution in [0.4, 0.5) is 5.69 Å². The van der Waals surface area contributed by atoms with Crippen LogP contribution in [0, 0.1) is 6.92 Å². The number of nitrogens with zero attached hydrogens (tertiary/aromatic N) is 2. The zero-order chi connectivity index (χ0) is 14.6. The Kier molecular flexibility index (Phi) is 4.28. The van der Waals surface area contributed by atoms with E-state index in [-0.39, 0.29) is 17.1 Å². The van der Waals surface area contributed by atoms with Crippen LogP contribution in [0.15, 0.2) is 41.8 Å². The first-order valence-corrected chi connectivity index (χ1v) is 7.32. The molecule has 0 atom stereocenters. The topological polar surface area (TPSA) is 110 Å². The van der Waals surface area contributed by atoms with Crippen molar-refractivity contribution in [2.45, 2.75) is 18.4 Å². The molecule has 2 aromatic heterocycles. The molecule has 0 aromatic carbocycles. The Morgan fingerprint density at radius 3 is 2.60 bits per heavy atom. The fourth-order valence-electron chi connectivity index (χ4n) is 1.65. The average Bonchev–Trinajstić information content (AvgIpc) is 2.46. The first-order chi connectivity index (χ1) is 9.54. The number of aryl methyl sites for hydroxylation is 1. The van der Waals surface area contributed by atoms with Crippen LogP contribution in [0.5, 0.6) is 0 Å². The molecule has 2 aromatic rings. The van der Waals surface area contributed by atoms with Crippen molar-refractivity contribution in [3.05, 3.63) is 48.0 Å². The zero-order valence-corrected chi connectivity index (χ0v) is 11.7. The monoisotopic (exact) mass is 293 g/mol. The minimum atomic E-state index is -3.70. The summed E-state index contributed by atoms with van der Waals surface area (Å²) in [5, 5.41) is 0. The number of nitrogen functional groups attached to an aromatic ring is 1. The molecule has 0 unspecified atom stereocenters. The average molecular weight is 293 g/mol. The SMILES string of the molecule is Cc1ccncc1CNS(=O)(=O)c1cnccc1NN. The largest absolute Gasteiger partial charge is 0.323 e. The van der Waals surface area contributed by atoms with Crippen molar-refractivity contribution in [2.24, 2.45) is 5.84 Å². The van der Waals surface area contributed by atoms with Crippen molar-refractivity contribution >= 4 is 15.7 Å². The summed E-state index contributed by atoms with van der Waals surface area (Å²) in [5.41, 5.74) is 4.40. The van der Waals surface area contributed by atoms with Gasteiger partial charge in [-0.2, -0.15) is 0 Å². The third kappa shape index (κ3) is 3.10. The van der Waals surface area contributed by atoms with Crippen LogP contribution >= 0.6 is 0 Å². The van der Waals surface area contributed by atoms with Gasteiger partial charge in [0, 0.05) is 31.3 Å². The summed E-state index contributed by atoms with van der Waals surface area (Å²) in [7, 11) is -3.70. The Morgan fingerprint density at radius 2 is 1.90 bits per heavy atom. The van der Waals surface area contributed by atoms with E-state index < -0.39 is 10.0 Å². The number of sulfonamides is 1. The molecule has 0 spiro atoms. The highest BCUT2D eigenvalue weighted by molar-refractivity contribution is 7.89. The number of nitrogens with one attached hydrogen (secondary N) is 2. The minimum absolute atomic E-state index is 0.00374. The van der Waals surface area contributed by atoms with Crippen molar-refractivity contribution in [2.75, 3.05) is 5.43 Å². The first-order valence-electron chi connectivity index (χ1n) is 5.84. The molecule has 0 aliphatic rings. The molecule has 7 nitrogen and oxygen atoms in total. The molecule has 0 radical (unpaired) electrons. The molecule has 0 aliphatic carbocycles. The molecule has 0 bridgehead atoms. The van der Waals surface area contributed by atoms with Crippen LogP contribution in [0.25, 0.3) is 0 Å². The van der Waals surface area contributed by atoms with E-state index in [1.807, 2.05) is 13.0 Å². The van der Waals surface area contributed by atoms with Gasteiger partial charge in [0.2, 0.25) is 10.0 Å². The normalized spacial score (nSPS) is 11.3. The van der Waals surface area contributed by atoms with E-state index in [0.29, 0.717) is 0 Å². The summed E-state index contributed by atoms with van der Waals surface area (Å²) in [6.45, 7) is 2.04. The van der Waals surface area contributed by atoms with E-state index in [1.165, 1.54) is 18.5 Å². The smallest absolute Gasteiger partial charge is 0.244 e. The highest BCUT2D eigenvalue weighted by Crippen LogP contribution is 2.18. The highest BCUT2D eigenvalue weighted by atomic mass is 32.2. The second-order valence-electron chi connectivity index (χ2n) is 4.14. The Bertz CT molecular complexity index is 702. The lowest BCUT2D eigenvalue weighted by Crippen LogP contribution is -2.25. The second kappa shape index (κ2) is 5.95. The van der Waals surface area contributed by atoms with Crippen LogP contribution in [0.1, 0.15) is 11.1 Å². The van der Waals surface area contributed by atoms with Gasteiger partial charge in [0.1, 0.15) is 4.90 Å². The van der Waals surface area contributed by atoms with E-state index >= 15 is 0 Å². The zero-order valence-electron chi connectivity index (χ0n) is 10.9. The van der Waals surface area contributed by atoms with Gasteiger partial charge in [-0.25, -0.2) is 13.1 Å². The van der Waals surface area contributed by atoms with Gasteiger partial charge < -0.3 is 5.43 Å². The fourth-order valence-corrected chi connectivity index (χ4v) is 2.76. The summed E-state index contributed by atoms with van der Waals surface area (Å²) >= 11 is 0. The molecular formula is C12H15N5O2S. The Labute approximate surface area is 117 Å². The van der Waals surface area contributed by atoms with E-state index in [2.05, 4.69) is 20.1 Å². The third-order valence-corrected chi connectivity index (χ3v) is 4.26. The van der Waals surface area contributed by atoms with Gasteiger partial charge in [-0.15, -0.1) is 0 Å². The van der Waals surface area contributed by atoms with Crippen LogP contribution in [0.2, 0.25) is 0 Å². The molecule has 0 saturated carbocycles. The van der Waals surface area contributed by atoms with Gasteiger partial charge in [0.05, 0.1) is 5.69 Å². The van der Waals surface area contributed by atoms with Gasteiger partial charge in [0.25, 0.3) is 0 Å². The summed E-state index contributed by atoms with van der Waals surface area (Å²) in [6.07, 6.45) is 5.99. The van der Waals surface area contributed by atoms with Crippen molar-refractivity contribution < 1.29 is 8.42 Å². The first kappa shape index (κ1) is 14.4. The Balaban J connectivity index is 2.22. The molecule has 2 heterocycles. The minimum Gasteiger partial charge on any atom is -0.323 e. The number of rotatable bonds is 5. The van der Waals surface area contributed by atoms with Gasteiger partial charge in [-0.1, -0.05) is 0 Å². The lowest BCUT2D eigenvalue weighted by molar-refractivity contribution is 0.581. The van der Waals surface area contributed by atoms with E-state index in [0.717, 1.165) is 11.1 Å². The number of aromatic nitrogens is 2. The number of hydrogen-bond acceptors (Lipinski definition) is 6. The molecule has 4 N–H and O–H groups in total. The molecular weight excluding hydrogens is 278 g/mol. The van der Waals surface area contributed by atoms with Gasteiger partial charge in [-0.3, -0.25) is 15.8 Å². The number of nitrogens with two attached hydrogens (primary N) is 1. The van der Waals surface area contributed by atoms with Crippen molar-refractivity contribution in [3.8, 4) is 0 Å². The summed E-state index contributed by atoms with van der Waals surface area (Å²) in [4.78, 5) is 7.78. The molecule has 20 heavy (non-hydrogen) atoms. The van der Waals surface area contributed by atoms with E-state index in [9.17, 15) is 8.42 Å². The predicted octanol–water partition coefficient (Wildman–Crippen LogP) is 0.549. The lowest BCUT2D eigenvalue weighted by atomic mass is 10.2. The lowest BCUT2D eigenvalue weighted by Gasteiger charge is -2.11. The molecule has 0 amide bonds. The number of pyridine rings is 2. The molecule has 0 fully saturated rings. The predicted molar refractivity (Wildman–Crippen MR) is 75.0 cm³/mol. The van der Waals surface area contributed by atoms with Crippen molar-refractivity contribution in [1.29, 1.82) is 0 Å². The van der Waals surface area contributed by atoms with E-state index in [1.54, 1.807) is 12.4 Å². The van der Waals surface area contributed by atoms with Gasteiger partial charge in [-0.05, 0) is 30.2 Å². The Morgan fingerprint density at radius 1 is 1.20 bits per heavy atom. The second-order valence-corrected chi connectivity index (χ2v) is 5.88. The number of hydrogen-bond donors (Lipinski definition) is 3. The van der Waals surface area contributed by atoms with Crippen LogP contribution in [-0.4, -0.2) is 18.4 Å². The standard InChI is InChI=1S/C12H15N5O2S/c1-9-2-4-14-6-10(9)7-16-20(18,19)12-8-15-5-3-11(12)17-13/h2-6,8,16H,7,13H2,1H3,(H,15,17). The molecule has 2 rings (SSSR count). The van der Waals surface area contributed by atoms with Crippen molar-refractivity contribution in [3.63, 3.8) is 0 Å². The molecule has 8 heteroatoms. The summed E-state index contributed by atoms with van der Waals surface area (Å²) < 4.78 is 27.0.